The van der Waals surface area contributed by atoms with E-state index < -0.39 is 5.54 Å². The first-order valence-electron chi connectivity index (χ1n) is 13.4. The SMILES string of the molecule is COc1cc(Nc2nc(OC[C@@](C)(N)CC(C)C)c3c(n2)SCC3C)ccc1N1CCC(N(C)C)CC1. The number of anilines is 3. The second-order valence-corrected chi connectivity index (χ2v) is 12.5. The van der Waals surface area contributed by atoms with Crippen LogP contribution < -0.4 is 25.4 Å². The quantitative estimate of drug-likeness (QED) is 0.408. The molecule has 0 bridgehead atoms. The molecule has 1 saturated heterocycles. The van der Waals surface area contributed by atoms with Crippen LogP contribution in [0.25, 0.3) is 0 Å². The molecule has 4 rings (SSSR count). The fraction of sp³-hybridized carbons (Fsp3) is 0.643. The van der Waals surface area contributed by atoms with E-state index in [0.717, 1.165) is 65.8 Å². The molecule has 1 fully saturated rings. The summed E-state index contributed by atoms with van der Waals surface area (Å²) < 4.78 is 12.1. The molecule has 1 unspecified atom stereocenters. The number of ether oxygens (including phenoxy) is 2. The van der Waals surface area contributed by atoms with E-state index in [4.69, 9.17) is 25.2 Å². The van der Waals surface area contributed by atoms with Gasteiger partial charge in [-0.1, -0.05) is 20.8 Å². The predicted octanol–water partition coefficient (Wildman–Crippen LogP) is 5.11. The van der Waals surface area contributed by atoms with Gasteiger partial charge >= 0.3 is 0 Å². The Labute approximate surface area is 226 Å². The zero-order valence-electron chi connectivity index (χ0n) is 23.5. The lowest BCUT2D eigenvalue weighted by atomic mass is 9.93. The molecule has 0 spiro atoms. The van der Waals surface area contributed by atoms with Crippen LogP contribution in [0, 0.1) is 5.92 Å². The predicted molar refractivity (Wildman–Crippen MR) is 154 cm³/mol. The summed E-state index contributed by atoms with van der Waals surface area (Å²) in [6, 6.07) is 6.87. The maximum absolute atomic E-state index is 6.53. The highest BCUT2D eigenvalue weighted by atomic mass is 32.2. The third-order valence-electron chi connectivity index (χ3n) is 7.22. The van der Waals surface area contributed by atoms with Gasteiger partial charge in [0.15, 0.2) is 0 Å². The number of aromatic nitrogens is 2. The number of benzene rings is 1. The minimum absolute atomic E-state index is 0.342. The summed E-state index contributed by atoms with van der Waals surface area (Å²) in [5.41, 5.74) is 9.21. The first-order valence-corrected chi connectivity index (χ1v) is 14.4. The largest absolute Gasteiger partial charge is 0.495 e. The highest BCUT2D eigenvalue weighted by Crippen LogP contribution is 2.43. The van der Waals surface area contributed by atoms with Gasteiger partial charge in [0.25, 0.3) is 0 Å². The monoisotopic (exact) mass is 528 g/mol. The zero-order valence-corrected chi connectivity index (χ0v) is 24.3. The van der Waals surface area contributed by atoms with Crippen LogP contribution in [0.3, 0.4) is 0 Å². The van der Waals surface area contributed by atoms with Crippen LogP contribution in [0.5, 0.6) is 11.6 Å². The van der Waals surface area contributed by atoms with Crippen molar-refractivity contribution in [3.63, 3.8) is 0 Å². The molecule has 0 aliphatic carbocycles. The molecule has 8 nitrogen and oxygen atoms in total. The van der Waals surface area contributed by atoms with E-state index in [1.807, 2.05) is 13.0 Å². The Hall–Kier alpha value is -2.23. The lowest BCUT2D eigenvalue weighted by Gasteiger charge is -2.37. The molecule has 0 radical (unpaired) electrons. The molecule has 2 atom stereocenters. The maximum Gasteiger partial charge on any atom is 0.231 e. The number of methoxy groups -OCH3 is 1. The summed E-state index contributed by atoms with van der Waals surface area (Å²) in [7, 11) is 6.06. The third kappa shape index (κ3) is 6.81. The Balaban J connectivity index is 1.52. The Morgan fingerprint density at radius 3 is 2.62 bits per heavy atom. The van der Waals surface area contributed by atoms with Crippen LogP contribution in [-0.2, 0) is 0 Å². The minimum atomic E-state index is -0.418. The highest BCUT2D eigenvalue weighted by molar-refractivity contribution is 7.99. The average molecular weight is 529 g/mol. The molecular formula is C28H44N6O2S. The van der Waals surface area contributed by atoms with Gasteiger partial charge in [-0.2, -0.15) is 4.98 Å². The van der Waals surface area contributed by atoms with Crippen molar-refractivity contribution in [1.82, 2.24) is 14.9 Å². The molecule has 9 heteroatoms. The molecule has 2 aliphatic heterocycles. The topological polar surface area (TPSA) is 88.8 Å². The first-order chi connectivity index (χ1) is 17.6. The van der Waals surface area contributed by atoms with Crippen LogP contribution in [0.1, 0.15) is 58.4 Å². The number of thioether (sulfide) groups is 1. The van der Waals surface area contributed by atoms with Crippen LogP contribution >= 0.6 is 11.8 Å². The molecule has 1 aromatic carbocycles. The van der Waals surface area contributed by atoms with Crippen molar-refractivity contribution in [1.29, 1.82) is 0 Å². The molecule has 3 heterocycles. The van der Waals surface area contributed by atoms with Gasteiger partial charge in [-0.05, 0) is 64.3 Å². The average Bonchev–Trinajstić information content (AvgIpc) is 3.22. The number of hydrogen-bond acceptors (Lipinski definition) is 9. The number of rotatable bonds is 10. The Kier molecular flexibility index (Phi) is 8.76. The summed E-state index contributed by atoms with van der Waals surface area (Å²) >= 11 is 1.75. The van der Waals surface area contributed by atoms with Gasteiger partial charge in [-0.3, -0.25) is 0 Å². The van der Waals surface area contributed by atoms with Gasteiger partial charge in [0.05, 0.1) is 18.4 Å². The fourth-order valence-electron chi connectivity index (χ4n) is 5.41. The molecule has 1 aromatic heterocycles. The van der Waals surface area contributed by atoms with Crippen molar-refractivity contribution < 1.29 is 9.47 Å². The number of nitrogens with two attached hydrogens (primary N) is 1. The number of nitrogens with one attached hydrogen (secondary N) is 1. The number of nitrogens with zero attached hydrogens (tertiary/aromatic N) is 4. The molecular weight excluding hydrogens is 484 g/mol. The van der Waals surface area contributed by atoms with Crippen molar-refractivity contribution in [2.75, 3.05) is 56.9 Å². The van der Waals surface area contributed by atoms with E-state index in [1.165, 1.54) is 0 Å². The van der Waals surface area contributed by atoms with Crippen LogP contribution in [0.2, 0.25) is 0 Å². The van der Waals surface area contributed by atoms with Crippen LogP contribution in [0.4, 0.5) is 17.3 Å². The normalized spacial score (nSPS) is 19.7. The maximum atomic E-state index is 6.53. The highest BCUT2D eigenvalue weighted by Gasteiger charge is 2.30. The number of piperidine rings is 1. The summed E-state index contributed by atoms with van der Waals surface area (Å²) in [5, 5.41) is 4.37. The van der Waals surface area contributed by atoms with E-state index in [9.17, 15) is 0 Å². The van der Waals surface area contributed by atoms with Crippen molar-refractivity contribution in [2.24, 2.45) is 11.7 Å². The third-order valence-corrected chi connectivity index (χ3v) is 8.47. The van der Waals surface area contributed by atoms with Gasteiger partial charge in [-0.25, -0.2) is 4.98 Å². The summed E-state index contributed by atoms with van der Waals surface area (Å²) in [4.78, 5) is 14.4. The van der Waals surface area contributed by atoms with Crippen molar-refractivity contribution in [3.05, 3.63) is 23.8 Å². The van der Waals surface area contributed by atoms with Crippen molar-refractivity contribution >= 4 is 29.1 Å². The lowest BCUT2D eigenvalue weighted by molar-refractivity contribution is 0.198. The molecule has 2 aromatic rings. The number of fused-ring (bicyclic) bond motifs is 1. The van der Waals surface area contributed by atoms with E-state index >= 15 is 0 Å². The standard InChI is InChI=1S/C28H44N6O2S/c1-18(2)15-28(4,29)17-36-25-24-19(3)16-37-26(24)32-27(31-25)30-20-8-9-22(23(14-20)35-7)34-12-10-21(11-13-34)33(5)6/h8-9,14,18-19,21H,10-13,15-17,29H2,1-7H3,(H,30,31,32)/t19?,28-/m0/s1. The Morgan fingerprint density at radius 1 is 1.24 bits per heavy atom. The summed E-state index contributed by atoms with van der Waals surface area (Å²) in [6.45, 7) is 11.1. The molecule has 0 saturated carbocycles. The molecule has 3 N–H and O–H groups in total. The van der Waals surface area contributed by atoms with E-state index in [0.29, 0.717) is 36.3 Å². The van der Waals surface area contributed by atoms with E-state index in [-0.39, 0.29) is 0 Å². The summed E-state index contributed by atoms with van der Waals surface area (Å²) in [5.74, 6) is 3.83. The van der Waals surface area contributed by atoms with E-state index in [1.54, 1.807) is 18.9 Å². The van der Waals surface area contributed by atoms with Gasteiger partial charge < -0.3 is 30.3 Å². The minimum Gasteiger partial charge on any atom is -0.495 e. The fourth-order valence-corrected chi connectivity index (χ4v) is 6.58. The first kappa shape index (κ1) is 27.8. The van der Waals surface area contributed by atoms with Crippen molar-refractivity contribution in [3.8, 4) is 11.6 Å². The van der Waals surface area contributed by atoms with Gasteiger partial charge in [0.2, 0.25) is 11.8 Å². The molecule has 204 valence electrons. The zero-order chi connectivity index (χ0) is 26.7. The second-order valence-electron chi connectivity index (χ2n) is 11.5. The van der Waals surface area contributed by atoms with Crippen LogP contribution in [-0.4, -0.2) is 73.1 Å². The van der Waals surface area contributed by atoms with Gasteiger partial charge in [0, 0.05) is 42.2 Å². The molecule has 2 aliphatic rings. The Bertz CT molecular complexity index is 1070. The van der Waals surface area contributed by atoms with Gasteiger partial charge in [0.1, 0.15) is 17.4 Å². The van der Waals surface area contributed by atoms with Crippen molar-refractivity contribution in [2.45, 2.75) is 69.5 Å². The van der Waals surface area contributed by atoms with Gasteiger partial charge in [-0.15, -0.1) is 11.8 Å². The number of hydrogen-bond donors (Lipinski definition) is 2. The summed E-state index contributed by atoms with van der Waals surface area (Å²) in [6.07, 6.45) is 3.18. The molecule has 37 heavy (non-hydrogen) atoms. The Morgan fingerprint density at radius 2 is 1.97 bits per heavy atom. The van der Waals surface area contributed by atoms with Crippen LogP contribution in [0.15, 0.2) is 23.2 Å². The smallest absolute Gasteiger partial charge is 0.231 e. The second kappa shape index (κ2) is 11.7. The van der Waals surface area contributed by atoms with E-state index in [2.05, 4.69) is 62.1 Å². The lowest BCUT2D eigenvalue weighted by Crippen LogP contribution is -2.43. The molecule has 0 amide bonds.